The van der Waals surface area contributed by atoms with Gasteiger partial charge in [0.2, 0.25) is 0 Å². The van der Waals surface area contributed by atoms with Crippen LogP contribution in [-0.2, 0) is 0 Å². The van der Waals surface area contributed by atoms with Gasteiger partial charge in [-0.05, 0) is 25.5 Å². The van der Waals surface area contributed by atoms with Crippen LogP contribution in [0.1, 0.15) is 30.8 Å². The molecular formula is C15H19N3O2. The maximum atomic E-state index is 12.2. The van der Waals surface area contributed by atoms with E-state index >= 15 is 0 Å². The topological polar surface area (TPSA) is 67.2 Å². The number of aromatic nitrogens is 2. The molecule has 1 aromatic carbocycles. The van der Waals surface area contributed by atoms with Gasteiger partial charge in [0.15, 0.2) is 0 Å². The Morgan fingerprint density at radius 3 is 2.75 bits per heavy atom. The smallest absolute Gasteiger partial charge is 0.270 e. The van der Waals surface area contributed by atoms with Gasteiger partial charge in [-0.1, -0.05) is 25.1 Å². The predicted octanol–water partition coefficient (Wildman–Crippen LogP) is 1.76. The molecule has 0 aliphatic rings. The summed E-state index contributed by atoms with van der Waals surface area (Å²) in [4.78, 5) is 16.2. The van der Waals surface area contributed by atoms with Crippen molar-refractivity contribution in [2.75, 3.05) is 6.54 Å². The van der Waals surface area contributed by atoms with Gasteiger partial charge in [0.05, 0.1) is 18.1 Å². The molecule has 1 atom stereocenters. The van der Waals surface area contributed by atoms with Crippen LogP contribution in [0, 0.1) is 0 Å². The molecule has 0 fully saturated rings. The first-order valence-corrected chi connectivity index (χ1v) is 6.62. The Morgan fingerprint density at radius 1 is 1.40 bits per heavy atom. The molecular weight excluding hydrogens is 254 g/mol. The van der Waals surface area contributed by atoms with Crippen molar-refractivity contribution >= 4 is 5.91 Å². The molecule has 0 saturated carbocycles. The molecule has 2 aromatic rings. The molecule has 0 saturated heterocycles. The fraction of sp³-hybridized carbons (Fsp3) is 0.333. The van der Waals surface area contributed by atoms with Crippen LogP contribution in [0.5, 0.6) is 0 Å². The van der Waals surface area contributed by atoms with Crippen molar-refractivity contribution in [3.63, 3.8) is 0 Å². The fourth-order valence-electron chi connectivity index (χ4n) is 1.74. The Balaban J connectivity index is 2.14. The van der Waals surface area contributed by atoms with Crippen LogP contribution in [-0.4, -0.2) is 32.7 Å². The highest BCUT2D eigenvalue weighted by Crippen LogP contribution is 2.11. The molecule has 1 aromatic heterocycles. The van der Waals surface area contributed by atoms with Crippen LogP contribution in [0.15, 0.2) is 42.9 Å². The van der Waals surface area contributed by atoms with Crippen LogP contribution < -0.4 is 5.32 Å². The third kappa shape index (κ3) is 3.24. The number of aliphatic hydroxyl groups is 1. The Kier molecular flexibility index (Phi) is 4.20. The number of nitrogens with one attached hydrogen (secondary N) is 1. The molecule has 5 heteroatoms. The minimum atomic E-state index is -0.896. The monoisotopic (exact) mass is 273 g/mol. The van der Waals surface area contributed by atoms with E-state index in [2.05, 4.69) is 10.3 Å². The molecule has 0 bridgehead atoms. The zero-order valence-corrected chi connectivity index (χ0v) is 11.7. The first-order chi connectivity index (χ1) is 9.53. The number of nitrogens with zero attached hydrogens (tertiary/aromatic N) is 2. The van der Waals surface area contributed by atoms with E-state index in [9.17, 15) is 9.90 Å². The van der Waals surface area contributed by atoms with Crippen LogP contribution in [0.3, 0.4) is 0 Å². The van der Waals surface area contributed by atoms with Crippen LogP contribution in [0.4, 0.5) is 0 Å². The normalized spacial score (nSPS) is 13.8. The summed E-state index contributed by atoms with van der Waals surface area (Å²) in [6.45, 7) is 3.78. The van der Waals surface area contributed by atoms with Crippen molar-refractivity contribution < 1.29 is 9.90 Å². The van der Waals surface area contributed by atoms with Crippen LogP contribution in [0.2, 0.25) is 0 Å². The number of rotatable bonds is 5. The summed E-state index contributed by atoms with van der Waals surface area (Å²) in [5, 5.41) is 12.7. The molecule has 20 heavy (non-hydrogen) atoms. The molecule has 106 valence electrons. The Morgan fingerprint density at radius 2 is 2.10 bits per heavy atom. The van der Waals surface area contributed by atoms with Crippen molar-refractivity contribution in [3.05, 3.63) is 48.5 Å². The van der Waals surface area contributed by atoms with E-state index in [0.717, 1.165) is 5.69 Å². The van der Waals surface area contributed by atoms with Crippen molar-refractivity contribution in [1.29, 1.82) is 0 Å². The Labute approximate surface area is 118 Å². The van der Waals surface area contributed by atoms with Gasteiger partial charge in [-0.15, -0.1) is 0 Å². The van der Waals surface area contributed by atoms with Gasteiger partial charge in [-0.3, -0.25) is 9.36 Å². The molecule has 1 heterocycles. The van der Waals surface area contributed by atoms with Gasteiger partial charge in [-0.25, -0.2) is 4.98 Å². The van der Waals surface area contributed by atoms with Gasteiger partial charge in [0.25, 0.3) is 5.91 Å². The second kappa shape index (κ2) is 5.88. The zero-order valence-electron chi connectivity index (χ0n) is 11.7. The van der Waals surface area contributed by atoms with E-state index in [1.54, 1.807) is 17.8 Å². The number of hydrogen-bond acceptors (Lipinski definition) is 3. The highest BCUT2D eigenvalue weighted by atomic mass is 16.3. The van der Waals surface area contributed by atoms with Gasteiger partial charge in [-0.2, -0.15) is 0 Å². The average Bonchev–Trinajstić information content (AvgIpc) is 2.95. The van der Waals surface area contributed by atoms with Crippen molar-refractivity contribution in [3.8, 4) is 5.69 Å². The fourth-order valence-corrected chi connectivity index (χ4v) is 1.74. The van der Waals surface area contributed by atoms with Crippen LogP contribution >= 0.6 is 0 Å². The van der Waals surface area contributed by atoms with Gasteiger partial charge >= 0.3 is 0 Å². The highest BCUT2D eigenvalue weighted by Gasteiger charge is 2.20. The third-order valence-electron chi connectivity index (χ3n) is 3.30. The van der Waals surface area contributed by atoms with Gasteiger partial charge < -0.3 is 10.4 Å². The van der Waals surface area contributed by atoms with Gasteiger partial charge in [0, 0.05) is 12.2 Å². The molecule has 1 unspecified atom stereocenters. The summed E-state index contributed by atoms with van der Waals surface area (Å²) in [7, 11) is 0. The minimum absolute atomic E-state index is 0.211. The lowest BCUT2D eigenvalue weighted by molar-refractivity contribution is 0.0516. The molecule has 0 spiro atoms. The van der Waals surface area contributed by atoms with E-state index < -0.39 is 5.60 Å². The molecule has 1 amide bonds. The van der Waals surface area contributed by atoms with E-state index in [4.69, 9.17) is 0 Å². The number of hydrogen-bond donors (Lipinski definition) is 2. The maximum absolute atomic E-state index is 12.2. The summed E-state index contributed by atoms with van der Waals surface area (Å²) in [6, 6.07) is 9.53. The molecule has 2 rings (SSSR count). The van der Waals surface area contributed by atoms with Crippen LogP contribution in [0.25, 0.3) is 5.69 Å². The number of benzene rings is 1. The van der Waals surface area contributed by atoms with Crippen molar-refractivity contribution in [2.45, 2.75) is 25.9 Å². The summed E-state index contributed by atoms with van der Waals surface area (Å²) < 4.78 is 1.72. The van der Waals surface area contributed by atoms with Gasteiger partial charge in [0.1, 0.15) is 5.69 Å². The lowest BCUT2D eigenvalue weighted by Gasteiger charge is -2.21. The highest BCUT2D eigenvalue weighted by molar-refractivity contribution is 5.93. The average molecular weight is 273 g/mol. The number of para-hydroxylation sites is 1. The molecule has 0 aliphatic carbocycles. The summed E-state index contributed by atoms with van der Waals surface area (Å²) in [6.07, 6.45) is 3.69. The van der Waals surface area contributed by atoms with E-state index in [1.165, 1.54) is 6.20 Å². The second-order valence-electron chi connectivity index (χ2n) is 5.02. The molecule has 0 aliphatic heterocycles. The minimum Gasteiger partial charge on any atom is -0.388 e. The number of carbonyl (C=O) groups is 1. The lowest BCUT2D eigenvalue weighted by atomic mass is 10.0. The SMILES string of the molecule is CCC(C)(O)CNC(=O)c1cncn1-c1ccccc1. The second-order valence-corrected chi connectivity index (χ2v) is 5.02. The number of amides is 1. The lowest BCUT2D eigenvalue weighted by Crippen LogP contribution is -2.40. The predicted molar refractivity (Wildman–Crippen MR) is 76.8 cm³/mol. The maximum Gasteiger partial charge on any atom is 0.270 e. The largest absolute Gasteiger partial charge is 0.388 e. The first kappa shape index (κ1) is 14.3. The molecule has 2 N–H and O–H groups in total. The summed E-state index contributed by atoms with van der Waals surface area (Å²) >= 11 is 0. The Hall–Kier alpha value is -2.14. The summed E-state index contributed by atoms with van der Waals surface area (Å²) in [5.74, 6) is -0.250. The molecule has 5 nitrogen and oxygen atoms in total. The van der Waals surface area contributed by atoms with E-state index in [-0.39, 0.29) is 12.5 Å². The summed E-state index contributed by atoms with van der Waals surface area (Å²) in [5.41, 5.74) is 0.424. The van der Waals surface area contributed by atoms with E-state index in [0.29, 0.717) is 12.1 Å². The van der Waals surface area contributed by atoms with Crippen molar-refractivity contribution in [2.24, 2.45) is 0 Å². The van der Waals surface area contributed by atoms with Crippen molar-refractivity contribution in [1.82, 2.24) is 14.9 Å². The zero-order chi connectivity index (χ0) is 14.6. The quantitative estimate of drug-likeness (QED) is 0.872. The Bertz CT molecular complexity index is 576. The molecule has 0 radical (unpaired) electrons. The number of carbonyl (C=O) groups excluding carboxylic acids is 1. The number of imidazole rings is 1. The third-order valence-corrected chi connectivity index (χ3v) is 3.30. The standard InChI is InChI=1S/C15H19N3O2/c1-3-15(2,20)10-17-14(19)13-9-16-11-18(13)12-7-5-4-6-8-12/h4-9,11,20H,3,10H2,1-2H3,(H,17,19). The van der Waals surface area contributed by atoms with E-state index in [1.807, 2.05) is 37.3 Å². The first-order valence-electron chi connectivity index (χ1n) is 6.62.